The van der Waals surface area contributed by atoms with Crippen molar-refractivity contribution in [1.29, 1.82) is 0 Å². The fraction of sp³-hybridized carbons (Fsp3) is 0.318. The molecule has 0 bridgehead atoms. The zero-order valence-corrected chi connectivity index (χ0v) is 15.8. The molecule has 0 unspecified atom stereocenters. The SMILES string of the molecule is COc1ccc2nc(C)cc(NCCCN(C)Cc3ccccc3)c2c1. The molecule has 0 spiro atoms. The van der Waals surface area contributed by atoms with Gasteiger partial charge in [-0.1, -0.05) is 30.3 Å². The highest BCUT2D eigenvalue weighted by molar-refractivity contribution is 5.92. The van der Waals surface area contributed by atoms with Crippen molar-refractivity contribution >= 4 is 16.6 Å². The lowest BCUT2D eigenvalue weighted by atomic mass is 10.1. The van der Waals surface area contributed by atoms with Crippen LogP contribution >= 0.6 is 0 Å². The van der Waals surface area contributed by atoms with Crippen molar-refractivity contribution in [3.05, 3.63) is 65.9 Å². The van der Waals surface area contributed by atoms with Gasteiger partial charge in [0.05, 0.1) is 12.6 Å². The molecule has 1 N–H and O–H groups in total. The van der Waals surface area contributed by atoms with Crippen molar-refractivity contribution < 1.29 is 4.74 Å². The molecule has 26 heavy (non-hydrogen) atoms. The van der Waals surface area contributed by atoms with E-state index < -0.39 is 0 Å². The van der Waals surface area contributed by atoms with Gasteiger partial charge in [-0.15, -0.1) is 0 Å². The minimum atomic E-state index is 0.855. The molecule has 3 aromatic rings. The fourth-order valence-electron chi connectivity index (χ4n) is 3.16. The third-order valence-electron chi connectivity index (χ3n) is 4.47. The first kappa shape index (κ1) is 18.2. The van der Waals surface area contributed by atoms with E-state index in [0.29, 0.717) is 0 Å². The number of pyridine rings is 1. The van der Waals surface area contributed by atoms with Crippen LogP contribution in [0.15, 0.2) is 54.6 Å². The Morgan fingerprint density at radius 2 is 1.88 bits per heavy atom. The number of aromatic nitrogens is 1. The van der Waals surface area contributed by atoms with Crippen LogP contribution in [-0.4, -0.2) is 37.1 Å². The molecule has 1 heterocycles. The molecule has 0 saturated carbocycles. The monoisotopic (exact) mass is 349 g/mol. The second kappa shape index (κ2) is 8.68. The van der Waals surface area contributed by atoms with Gasteiger partial charge in [0, 0.05) is 29.9 Å². The number of hydrogen-bond donors (Lipinski definition) is 1. The Labute approximate surface area is 155 Å². The summed E-state index contributed by atoms with van der Waals surface area (Å²) in [6.07, 6.45) is 1.08. The van der Waals surface area contributed by atoms with Crippen molar-refractivity contribution in [2.75, 3.05) is 32.6 Å². The number of aryl methyl sites for hydroxylation is 1. The van der Waals surface area contributed by atoms with Gasteiger partial charge in [-0.2, -0.15) is 0 Å². The molecule has 3 rings (SSSR count). The number of methoxy groups -OCH3 is 1. The van der Waals surface area contributed by atoms with Crippen LogP contribution in [-0.2, 0) is 6.54 Å². The highest BCUT2D eigenvalue weighted by Gasteiger charge is 2.06. The molecule has 0 aliphatic heterocycles. The van der Waals surface area contributed by atoms with Crippen LogP contribution in [0.2, 0.25) is 0 Å². The van der Waals surface area contributed by atoms with E-state index in [9.17, 15) is 0 Å². The molecule has 0 aliphatic carbocycles. The maximum Gasteiger partial charge on any atom is 0.119 e. The van der Waals surface area contributed by atoms with Gasteiger partial charge in [-0.25, -0.2) is 0 Å². The highest BCUT2D eigenvalue weighted by Crippen LogP contribution is 2.27. The van der Waals surface area contributed by atoms with E-state index in [4.69, 9.17) is 4.74 Å². The Morgan fingerprint density at radius 3 is 2.65 bits per heavy atom. The van der Waals surface area contributed by atoms with E-state index in [1.807, 2.05) is 25.1 Å². The van der Waals surface area contributed by atoms with Crippen LogP contribution in [0.5, 0.6) is 5.75 Å². The number of anilines is 1. The third kappa shape index (κ3) is 4.73. The number of rotatable bonds is 8. The minimum absolute atomic E-state index is 0.855. The largest absolute Gasteiger partial charge is 0.497 e. The van der Waals surface area contributed by atoms with Crippen molar-refractivity contribution in [2.45, 2.75) is 19.9 Å². The summed E-state index contributed by atoms with van der Waals surface area (Å²) in [5, 5.41) is 4.68. The molecular weight excluding hydrogens is 322 g/mol. The Bertz CT molecular complexity index is 849. The summed E-state index contributed by atoms with van der Waals surface area (Å²) in [5.41, 5.74) is 4.49. The molecule has 0 atom stereocenters. The van der Waals surface area contributed by atoms with E-state index in [-0.39, 0.29) is 0 Å². The molecule has 0 aliphatic rings. The molecule has 0 amide bonds. The van der Waals surface area contributed by atoms with Crippen LogP contribution in [0.4, 0.5) is 5.69 Å². The predicted octanol–water partition coefficient (Wildman–Crippen LogP) is 4.49. The normalized spacial score (nSPS) is 11.1. The quantitative estimate of drug-likeness (QED) is 0.608. The third-order valence-corrected chi connectivity index (χ3v) is 4.47. The Kier molecular flexibility index (Phi) is 6.08. The number of benzene rings is 2. The van der Waals surface area contributed by atoms with Crippen molar-refractivity contribution in [3.8, 4) is 5.75 Å². The lowest BCUT2D eigenvalue weighted by Crippen LogP contribution is -2.21. The summed E-state index contributed by atoms with van der Waals surface area (Å²) in [5.74, 6) is 0.855. The lowest BCUT2D eigenvalue weighted by Gasteiger charge is -2.17. The first-order chi connectivity index (χ1) is 12.7. The minimum Gasteiger partial charge on any atom is -0.497 e. The fourth-order valence-corrected chi connectivity index (χ4v) is 3.16. The van der Waals surface area contributed by atoms with Crippen LogP contribution in [0.25, 0.3) is 10.9 Å². The summed E-state index contributed by atoms with van der Waals surface area (Å²) < 4.78 is 5.36. The number of nitrogens with one attached hydrogen (secondary N) is 1. The van der Waals surface area contributed by atoms with Gasteiger partial charge in [0.1, 0.15) is 5.75 Å². The van der Waals surface area contributed by atoms with E-state index >= 15 is 0 Å². The second-order valence-electron chi connectivity index (χ2n) is 6.70. The number of fused-ring (bicyclic) bond motifs is 1. The second-order valence-corrected chi connectivity index (χ2v) is 6.70. The Hall–Kier alpha value is -2.59. The van der Waals surface area contributed by atoms with Crippen molar-refractivity contribution in [3.63, 3.8) is 0 Å². The summed E-state index contributed by atoms with van der Waals surface area (Å²) in [7, 11) is 3.86. The highest BCUT2D eigenvalue weighted by atomic mass is 16.5. The smallest absolute Gasteiger partial charge is 0.119 e. The molecule has 0 fully saturated rings. The molecule has 4 heteroatoms. The van der Waals surface area contributed by atoms with Gasteiger partial charge < -0.3 is 15.0 Å². The van der Waals surface area contributed by atoms with Gasteiger partial charge in [0.15, 0.2) is 0 Å². The zero-order valence-electron chi connectivity index (χ0n) is 15.8. The average Bonchev–Trinajstić information content (AvgIpc) is 2.65. The molecule has 2 aromatic carbocycles. The van der Waals surface area contributed by atoms with E-state index in [2.05, 4.69) is 58.6 Å². The van der Waals surface area contributed by atoms with E-state index in [1.54, 1.807) is 7.11 Å². The summed E-state index contributed by atoms with van der Waals surface area (Å²) in [6.45, 7) is 4.99. The summed E-state index contributed by atoms with van der Waals surface area (Å²) >= 11 is 0. The zero-order chi connectivity index (χ0) is 18.4. The van der Waals surface area contributed by atoms with E-state index in [0.717, 1.165) is 54.1 Å². The Morgan fingerprint density at radius 1 is 1.08 bits per heavy atom. The molecule has 0 radical (unpaired) electrons. The standard InChI is InChI=1S/C22H27N3O/c1-17-14-22(20-15-19(26-3)10-11-21(20)24-17)23-12-7-13-25(2)16-18-8-5-4-6-9-18/h4-6,8-11,14-15H,7,12-13,16H2,1-3H3,(H,23,24). The van der Waals surface area contributed by atoms with Crippen molar-refractivity contribution in [2.24, 2.45) is 0 Å². The van der Waals surface area contributed by atoms with Crippen LogP contribution in [0.3, 0.4) is 0 Å². The van der Waals surface area contributed by atoms with Gasteiger partial charge in [-0.05, 0) is 56.8 Å². The first-order valence-electron chi connectivity index (χ1n) is 9.07. The van der Waals surface area contributed by atoms with Gasteiger partial charge in [0.25, 0.3) is 0 Å². The first-order valence-corrected chi connectivity index (χ1v) is 9.07. The average molecular weight is 349 g/mol. The topological polar surface area (TPSA) is 37.4 Å². The number of hydrogen-bond acceptors (Lipinski definition) is 4. The molecule has 1 aromatic heterocycles. The summed E-state index contributed by atoms with van der Waals surface area (Å²) in [4.78, 5) is 6.97. The summed E-state index contributed by atoms with van der Waals surface area (Å²) in [6, 6.07) is 18.7. The van der Waals surface area contributed by atoms with Gasteiger partial charge >= 0.3 is 0 Å². The van der Waals surface area contributed by atoms with Crippen LogP contribution < -0.4 is 10.1 Å². The predicted molar refractivity (Wildman–Crippen MR) is 109 cm³/mol. The molecular formula is C22H27N3O. The van der Waals surface area contributed by atoms with Crippen molar-refractivity contribution in [1.82, 2.24) is 9.88 Å². The maximum absolute atomic E-state index is 5.36. The number of nitrogens with zero attached hydrogens (tertiary/aromatic N) is 2. The van der Waals surface area contributed by atoms with Gasteiger partial charge in [-0.3, -0.25) is 4.98 Å². The van der Waals surface area contributed by atoms with Crippen LogP contribution in [0.1, 0.15) is 17.7 Å². The molecule has 136 valence electrons. The Balaban J connectivity index is 1.57. The van der Waals surface area contributed by atoms with E-state index in [1.165, 1.54) is 5.56 Å². The number of ether oxygens (including phenoxy) is 1. The van der Waals surface area contributed by atoms with Gasteiger partial charge in [0.2, 0.25) is 0 Å². The molecule has 0 saturated heterocycles. The lowest BCUT2D eigenvalue weighted by molar-refractivity contribution is 0.325. The maximum atomic E-state index is 5.36. The van der Waals surface area contributed by atoms with Crippen LogP contribution in [0, 0.1) is 6.92 Å². The molecule has 4 nitrogen and oxygen atoms in total.